The second-order valence-electron chi connectivity index (χ2n) is 7.69. The van der Waals surface area contributed by atoms with Crippen LogP contribution in [0.2, 0.25) is 0 Å². The van der Waals surface area contributed by atoms with Gasteiger partial charge in [0.1, 0.15) is 5.75 Å². The van der Waals surface area contributed by atoms with E-state index in [1.165, 1.54) is 24.5 Å². The van der Waals surface area contributed by atoms with Crippen molar-refractivity contribution < 1.29 is 22.3 Å². The molecule has 0 bridgehead atoms. The Balaban J connectivity index is 1.75. The fraction of sp³-hybridized carbons (Fsp3) is 0.167. The summed E-state index contributed by atoms with van der Waals surface area (Å²) < 4.78 is 48.7. The molecule has 2 N–H and O–H groups in total. The number of halogens is 3. The standard InChI is InChI=1S/C24H20F3N3O3/c1-13-6-14(2)8-18(7-13)30-23-29-12-20(32-23)16-9-17(11-19(10-16)33-24(25,26)27)21-15(3)4-5-28-22(21)31/h4-12H,1-3H3,(H,28,31)(H,29,30). The molecule has 0 saturated carbocycles. The van der Waals surface area contributed by atoms with Crippen LogP contribution in [0.25, 0.3) is 22.5 Å². The molecule has 2 heterocycles. The monoisotopic (exact) mass is 455 g/mol. The molecule has 9 heteroatoms. The Labute approximate surface area is 187 Å². The number of rotatable bonds is 5. The molecule has 2 aromatic heterocycles. The molecule has 6 nitrogen and oxygen atoms in total. The van der Waals surface area contributed by atoms with Crippen LogP contribution >= 0.6 is 0 Å². The zero-order chi connectivity index (χ0) is 23.8. The topological polar surface area (TPSA) is 80.2 Å². The third kappa shape index (κ3) is 5.25. The van der Waals surface area contributed by atoms with E-state index in [1.54, 1.807) is 19.1 Å². The third-order valence-corrected chi connectivity index (χ3v) is 4.86. The van der Waals surface area contributed by atoms with Crippen LogP contribution in [-0.4, -0.2) is 16.3 Å². The van der Waals surface area contributed by atoms with Gasteiger partial charge >= 0.3 is 6.36 Å². The minimum Gasteiger partial charge on any atom is -0.423 e. The number of hydrogen-bond donors (Lipinski definition) is 2. The summed E-state index contributed by atoms with van der Waals surface area (Å²) in [4.78, 5) is 19.1. The van der Waals surface area contributed by atoms with Crippen LogP contribution in [0, 0.1) is 20.8 Å². The minimum atomic E-state index is -4.90. The van der Waals surface area contributed by atoms with Gasteiger partial charge in [-0.15, -0.1) is 13.2 Å². The predicted octanol–water partition coefficient (Wildman–Crippen LogP) is 6.26. The normalized spacial score (nSPS) is 11.5. The average molecular weight is 455 g/mol. The van der Waals surface area contributed by atoms with Crippen molar-refractivity contribution in [2.24, 2.45) is 0 Å². The van der Waals surface area contributed by atoms with Gasteiger partial charge in [0.25, 0.3) is 11.6 Å². The predicted molar refractivity (Wildman–Crippen MR) is 119 cm³/mol. The maximum Gasteiger partial charge on any atom is 0.573 e. The number of H-pyrrole nitrogens is 1. The van der Waals surface area contributed by atoms with Gasteiger partial charge in [-0.3, -0.25) is 4.79 Å². The Morgan fingerprint density at radius 1 is 1.00 bits per heavy atom. The summed E-state index contributed by atoms with van der Waals surface area (Å²) in [5, 5.41) is 3.05. The number of nitrogens with one attached hydrogen (secondary N) is 2. The fourth-order valence-corrected chi connectivity index (χ4v) is 3.65. The van der Waals surface area contributed by atoms with Gasteiger partial charge in [0, 0.05) is 17.4 Å². The first-order valence-corrected chi connectivity index (χ1v) is 9.98. The molecule has 0 aliphatic rings. The molecule has 0 saturated heterocycles. The Morgan fingerprint density at radius 3 is 2.36 bits per heavy atom. The molecule has 0 amide bonds. The van der Waals surface area contributed by atoms with Gasteiger partial charge in [0.2, 0.25) is 0 Å². The molecular weight excluding hydrogens is 435 g/mol. The van der Waals surface area contributed by atoms with Gasteiger partial charge in [-0.25, -0.2) is 4.98 Å². The lowest BCUT2D eigenvalue weighted by molar-refractivity contribution is -0.274. The van der Waals surface area contributed by atoms with Crippen LogP contribution in [0.1, 0.15) is 16.7 Å². The average Bonchev–Trinajstić information content (AvgIpc) is 3.14. The van der Waals surface area contributed by atoms with E-state index in [-0.39, 0.29) is 28.5 Å². The van der Waals surface area contributed by atoms with Crippen molar-refractivity contribution in [1.82, 2.24) is 9.97 Å². The third-order valence-electron chi connectivity index (χ3n) is 4.86. The van der Waals surface area contributed by atoms with Crippen molar-refractivity contribution in [2.45, 2.75) is 27.1 Å². The number of oxazole rings is 1. The molecular formula is C24H20F3N3O3. The molecule has 0 fully saturated rings. The van der Waals surface area contributed by atoms with Gasteiger partial charge in [0.15, 0.2) is 5.76 Å². The number of hydrogen-bond acceptors (Lipinski definition) is 5. The van der Waals surface area contributed by atoms with Crippen molar-refractivity contribution in [3.8, 4) is 28.2 Å². The number of nitrogens with zero attached hydrogens (tertiary/aromatic N) is 1. The highest BCUT2D eigenvalue weighted by atomic mass is 19.4. The van der Waals surface area contributed by atoms with E-state index in [2.05, 4.69) is 20.0 Å². The van der Waals surface area contributed by atoms with Gasteiger partial charge in [-0.1, -0.05) is 6.07 Å². The van der Waals surface area contributed by atoms with Crippen LogP contribution in [0.4, 0.5) is 24.9 Å². The number of ether oxygens (including phenoxy) is 1. The summed E-state index contributed by atoms with van der Waals surface area (Å²) in [6.45, 7) is 5.61. The van der Waals surface area contributed by atoms with Gasteiger partial charge in [-0.2, -0.15) is 0 Å². The smallest absolute Gasteiger partial charge is 0.423 e. The molecule has 0 radical (unpaired) electrons. The summed E-state index contributed by atoms with van der Waals surface area (Å²) in [7, 11) is 0. The molecule has 0 aliphatic heterocycles. The molecule has 0 aliphatic carbocycles. The molecule has 4 rings (SSSR count). The number of aryl methyl sites for hydroxylation is 3. The molecule has 0 unspecified atom stereocenters. The lowest BCUT2D eigenvalue weighted by Gasteiger charge is -2.13. The molecule has 170 valence electrons. The summed E-state index contributed by atoms with van der Waals surface area (Å²) in [6, 6.07) is 11.6. The second kappa shape index (κ2) is 8.50. The SMILES string of the molecule is Cc1cc(C)cc(Nc2ncc(-c3cc(OC(F)(F)F)cc(-c4c(C)cc[nH]c4=O)c3)o2)c1. The van der Waals surface area contributed by atoms with Crippen molar-refractivity contribution in [3.63, 3.8) is 0 Å². The minimum absolute atomic E-state index is 0.174. The number of anilines is 2. The zero-order valence-electron chi connectivity index (χ0n) is 18.0. The first kappa shape index (κ1) is 22.2. The summed E-state index contributed by atoms with van der Waals surface area (Å²) >= 11 is 0. The molecule has 0 atom stereocenters. The largest absolute Gasteiger partial charge is 0.573 e. The molecule has 33 heavy (non-hydrogen) atoms. The number of alkyl halides is 3. The van der Waals surface area contributed by atoms with Crippen LogP contribution in [0.15, 0.2) is 64.1 Å². The molecule has 4 aromatic rings. The van der Waals surface area contributed by atoms with E-state index >= 15 is 0 Å². The van der Waals surface area contributed by atoms with Crippen molar-refractivity contribution >= 4 is 11.7 Å². The lowest BCUT2D eigenvalue weighted by Crippen LogP contribution is -2.17. The highest BCUT2D eigenvalue weighted by molar-refractivity contribution is 5.74. The Kier molecular flexibility index (Phi) is 5.71. The highest BCUT2D eigenvalue weighted by Crippen LogP contribution is 2.35. The van der Waals surface area contributed by atoms with Crippen LogP contribution in [0.3, 0.4) is 0 Å². The van der Waals surface area contributed by atoms with Gasteiger partial charge in [-0.05, 0) is 79.4 Å². The van der Waals surface area contributed by atoms with Crippen LogP contribution in [-0.2, 0) is 0 Å². The van der Waals surface area contributed by atoms with Crippen molar-refractivity contribution in [2.75, 3.05) is 5.32 Å². The van der Waals surface area contributed by atoms with E-state index in [1.807, 2.05) is 32.0 Å². The number of aromatic nitrogens is 2. The number of benzene rings is 2. The van der Waals surface area contributed by atoms with E-state index < -0.39 is 17.7 Å². The van der Waals surface area contributed by atoms with E-state index in [4.69, 9.17) is 4.42 Å². The Morgan fingerprint density at radius 2 is 1.70 bits per heavy atom. The second-order valence-corrected chi connectivity index (χ2v) is 7.69. The first-order chi connectivity index (χ1) is 15.6. The molecule has 0 spiro atoms. The maximum atomic E-state index is 12.9. The zero-order valence-corrected chi connectivity index (χ0v) is 18.0. The van der Waals surface area contributed by atoms with Crippen molar-refractivity contribution in [3.05, 3.63) is 81.9 Å². The van der Waals surface area contributed by atoms with Crippen molar-refractivity contribution in [1.29, 1.82) is 0 Å². The van der Waals surface area contributed by atoms with Gasteiger partial charge < -0.3 is 19.5 Å². The quantitative estimate of drug-likeness (QED) is 0.371. The van der Waals surface area contributed by atoms with E-state index in [0.29, 0.717) is 5.56 Å². The van der Waals surface area contributed by atoms with E-state index in [0.717, 1.165) is 16.8 Å². The van der Waals surface area contributed by atoms with E-state index in [9.17, 15) is 18.0 Å². The number of pyridine rings is 1. The summed E-state index contributed by atoms with van der Waals surface area (Å²) in [6.07, 6.45) is -2.03. The lowest BCUT2D eigenvalue weighted by atomic mass is 9.99. The Hall–Kier alpha value is -4.01. The summed E-state index contributed by atoms with van der Waals surface area (Å²) in [5.41, 5.74) is 3.80. The Bertz CT molecular complexity index is 1350. The van der Waals surface area contributed by atoms with Crippen LogP contribution < -0.4 is 15.6 Å². The molecule has 2 aromatic carbocycles. The van der Waals surface area contributed by atoms with Gasteiger partial charge in [0.05, 0.1) is 11.8 Å². The first-order valence-electron chi connectivity index (χ1n) is 9.98. The van der Waals surface area contributed by atoms with Crippen LogP contribution in [0.5, 0.6) is 5.75 Å². The highest BCUT2D eigenvalue weighted by Gasteiger charge is 2.31. The summed E-state index contributed by atoms with van der Waals surface area (Å²) in [5.74, 6) is -0.265. The number of aromatic amines is 1. The fourth-order valence-electron chi connectivity index (χ4n) is 3.65. The maximum absolute atomic E-state index is 12.9.